The molecule has 2 N–H and O–H groups in total. The second-order valence-electron chi connectivity index (χ2n) is 4.80. The molecule has 0 bridgehead atoms. The van der Waals surface area contributed by atoms with Gasteiger partial charge >= 0.3 is 5.97 Å². The number of aryl methyl sites for hydroxylation is 2. The fraction of sp³-hybridized carbons (Fsp3) is 0.615. The van der Waals surface area contributed by atoms with Gasteiger partial charge in [-0.05, 0) is 32.3 Å². The number of carboxylic acids is 1. The molecule has 18 heavy (non-hydrogen) atoms. The summed E-state index contributed by atoms with van der Waals surface area (Å²) in [6, 6.07) is 1.91. The highest BCUT2D eigenvalue weighted by Gasteiger charge is 2.33. The van der Waals surface area contributed by atoms with Gasteiger partial charge in [-0.25, -0.2) is 9.97 Å². The third kappa shape index (κ3) is 2.78. The number of anilines is 1. The molecule has 1 aliphatic carbocycles. The summed E-state index contributed by atoms with van der Waals surface area (Å²) in [5, 5.41) is 12.3. The first kappa shape index (κ1) is 12.8. The highest BCUT2D eigenvalue weighted by Crippen LogP contribution is 2.28. The number of aliphatic carboxylic acids is 1. The first-order chi connectivity index (χ1) is 8.60. The van der Waals surface area contributed by atoms with E-state index in [-0.39, 0.29) is 12.0 Å². The first-order valence-electron chi connectivity index (χ1n) is 6.44. The molecule has 1 fully saturated rings. The molecule has 2 atom stereocenters. The number of hydrogen-bond acceptors (Lipinski definition) is 4. The van der Waals surface area contributed by atoms with Crippen LogP contribution in [0.25, 0.3) is 0 Å². The smallest absolute Gasteiger partial charge is 0.308 e. The van der Waals surface area contributed by atoms with Crippen LogP contribution in [0.15, 0.2) is 6.07 Å². The van der Waals surface area contributed by atoms with E-state index in [2.05, 4.69) is 15.3 Å². The highest BCUT2D eigenvalue weighted by molar-refractivity contribution is 5.72. The molecule has 1 saturated carbocycles. The summed E-state index contributed by atoms with van der Waals surface area (Å²) < 4.78 is 0. The lowest BCUT2D eigenvalue weighted by Crippen LogP contribution is -2.30. The molecule has 0 spiro atoms. The first-order valence-corrected chi connectivity index (χ1v) is 6.44. The summed E-state index contributed by atoms with van der Waals surface area (Å²) in [6.07, 6.45) is 3.40. The Kier molecular flexibility index (Phi) is 3.79. The van der Waals surface area contributed by atoms with E-state index in [0.717, 1.165) is 37.1 Å². The zero-order valence-electron chi connectivity index (χ0n) is 10.8. The number of carbonyl (C=O) groups is 1. The van der Waals surface area contributed by atoms with Gasteiger partial charge in [-0.1, -0.05) is 13.3 Å². The minimum atomic E-state index is -0.728. The minimum absolute atomic E-state index is 0.0472. The van der Waals surface area contributed by atoms with Crippen LogP contribution in [-0.4, -0.2) is 27.1 Å². The Morgan fingerprint density at radius 3 is 2.94 bits per heavy atom. The van der Waals surface area contributed by atoms with E-state index in [0.29, 0.717) is 5.95 Å². The molecule has 0 radical (unpaired) electrons. The van der Waals surface area contributed by atoms with Crippen LogP contribution in [-0.2, 0) is 11.2 Å². The van der Waals surface area contributed by atoms with Gasteiger partial charge in [0, 0.05) is 17.4 Å². The molecule has 2 rings (SSSR count). The van der Waals surface area contributed by atoms with Crippen molar-refractivity contribution in [3.8, 4) is 0 Å². The van der Waals surface area contributed by atoms with Crippen LogP contribution in [0, 0.1) is 12.8 Å². The Morgan fingerprint density at radius 2 is 2.28 bits per heavy atom. The van der Waals surface area contributed by atoms with E-state index in [4.69, 9.17) is 5.11 Å². The van der Waals surface area contributed by atoms with Crippen LogP contribution in [0.5, 0.6) is 0 Å². The Bertz CT molecular complexity index is 448. The SMILES string of the molecule is CCc1cc(C)nc(N[C@@H]2CCC[C@@H]2C(=O)O)n1. The van der Waals surface area contributed by atoms with Gasteiger partial charge in [0.05, 0.1) is 5.92 Å². The predicted molar refractivity (Wildman–Crippen MR) is 68.5 cm³/mol. The molecule has 1 aliphatic rings. The fourth-order valence-corrected chi connectivity index (χ4v) is 2.47. The van der Waals surface area contributed by atoms with Crippen LogP contribution >= 0.6 is 0 Å². The zero-order chi connectivity index (χ0) is 13.1. The van der Waals surface area contributed by atoms with Gasteiger partial charge in [0.1, 0.15) is 0 Å². The third-order valence-electron chi connectivity index (χ3n) is 3.42. The third-order valence-corrected chi connectivity index (χ3v) is 3.42. The number of hydrogen-bond donors (Lipinski definition) is 2. The molecule has 0 unspecified atom stereocenters. The molecule has 1 heterocycles. The molecule has 1 aromatic rings. The van der Waals surface area contributed by atoms with Crippen molar-refractivity contribution in [3.05, 3.63) is 17.5 Å². The van der Waals surface area contributed by atoms with E-state index in [1.54, 1.807) is 0 Å². The van der Waals surface area contributed by atoms with E-state index in [9.17, 15) is 4.79 Å². The summed E-state index contributed by atoms with van der Waals surface area (Å²) in [6.45, 7) is 3.97. The molecule has 0 aromatic carbocycles. The van der Waals surface area contributed by atoms with Crippen molar-refractivity contribution in [1.29, 1.82) is 0 Å². The second-order valence-corrected chi connectivity index (χ2v) is 4.80. The van der Waals surface area contributed by atoms with Crippen LogP contribution in [0.3, 0.4) is 0 Å². The Balaban J connectivity index is 2.13. The van der Waals surface area contributed by atoms with Gasteiger partial charge in [-0.2, -0.15) is 0 Å². The summed E-state index contributed by atoms with van der Waals surface area (Å²) >= 11 is 0. The summed E-state index contributed by atoms with van der Waals surface area (Å²) in [5.74, 6) is -0.488. The lowest BCUT2D eigenvalue weighted by molar-refractivity contribution is -0.141. The molecule has 5 nitrogen and oxygen atoms in total. The van der Waals surface area contributed by atoms with Gasteiger partial charge in [0.15, 0.2) is 0 Å². The van der Waals surface area contributed by atoms with Crippen LogP contribution in [0.4, 0.5) is 5.95 Å². The van der Waals surface area contributed by atoms with Gasteiger partial charge in [0.25, 0.3) is 0 Å². The van der Waals surface area contributed by atoms with Gasteiger partial charge < -0.3 is 10.4 Å². The van der Waals surface area contributed by atoms with E-state index < -0.39 is 5.97 Å². The second kappa shape index (κ2) is 5.33. The maximum Gasteiger partial charge on any atom is 0.308 e. The Hall–Kier alpha value is -1.65. The van der Waals surface area contributed by atoms with Crippen LogP contribution in [0.2, 0.25) is 0 Å². The molecule has 98 valence electrons. The van der Waals surface area contributed by atoms with Crippen LogP contribution in [0.1, 0.15) is 37.6 Å². The van der Waals surface area contributed by atoms with Gasteiger partial charge in [-0.15, -0.1) is 0 Å². The van der Waals surface area contributed by atoms with Gasteiger partial charge in [-0.3, -0.25) is 4.79 Å². The average Bonchev–Trinajstić information content (AvgIpc) is 2.76. The van der Waals surface area contributed by atoms with Crippen molar-refractivity contribution in [2.24, 2.45) is 5.92 Å². The number of rotatable bonds is 4. The standard InChI is InChI=1S/C13H19N3O2/c1-3-9-7-8(2)14-13(15-9)16-11-6-4-5-10(11)12(17)18/h7,10-11H,3-6H2,1-2H3,(H,17,18)(H,14,15,16)/t10-,11+/m0/s1. The van der Waals surface area contributed by atoms with Crippen molar-refractivity contribution in [2.75, 3.05) is 5.32 Å². The quantitative estimate of drug-likeness (QED) is 0.853. The van der Waals surface area contributed by atoms with E-state index in [1.807, 2.05) is 19.9 Å². The molecule has 0 saturated heterocycles. The summed E-state index contributed by atoms with van der Waals surface area (Å²) in [4.78, 5) is 19.8. The topological polar surface area (TPSA) is 75.1 Å². The Labute approximate surface area is 107 Å². The maximum absolute atomic E-state index is 11.1. The average molecular weight is 249 g/mol. The lowest BCUT2D eigenvalue weighted by atomic mass is 10.0. The van der Waals surface area contributed by atoms with Gasteiger partial charge in [0.2, 0.25) is 5.95 Å². The highest BCUT2D eigenvalue weighted by atomic mass is 16.4. The lowest BCUT2D eigenvalue weighted by Gasteiger charge is -2.18. The van der Waals surface area contributed by atoms with Crippen molar-refractivity contribution in [2.45, 2.75) is 45.6 Å². The largest absolute Gasteiger partial charge is 0.481 e. The number of carboxylic acid groups (broad SMARTS) is 1. The normalized spacial score (nSPS) is 23.0. The molecule has 5 heteroatoms. The number of nitrogens with zero attached hydrogens (tertiary/aromatic N) is 2. The summed E-state index contributed by atoms with van der Waals surface area (Å²) in [7, 11) is 0. The van der Waals surface area contributed by atoms with Crippen molar-refractivity contribution in [3.63, 3.8) is 0 Å². The predicted octanol–water partition coefficient (Wildman–Crippen LogP) is 2.01. The monoisotopic (exact) mass is 249 g/mol. The summed E-state index contributed by atoms with van der Waals surface area (Å²) in [5.41, 5.74) is 1.89. The maximum atomic E-state index is 11.1. The van der Waals surface area contributed by atoms with Crippen molar-refractivity contribution in [1.82, 2.24) is 9.97 Å². The fourth-order valence-electron chi connectivity index (χ4n) is 2.47. The Morgan fingerprint density at radius 1 is 1.50 bits per heavy atom. The van der Waals surface area contributed by atoms with Crippen LogP contribution < -0.4 is 5.32 Å². The molecular formula is C13H19N3O2. The minimum Gasteiger partial charge on any atom is -0.481 e. The number of nitrogens with one attached hydrogen (secondary N) is 1. The molecule has 1 aromatic heterocycles. The molecule has 0 aliphatic heterocycles. The number of aromatic nitrogens is 2. The van der Waals surface area contributed by atoms with E-state index >= 15 is 0 Å². The van der Waals surface area contributed by atoms with E-state index in [1.165, 1.54) is 0 Å². The molecule has 0 amide bonds. The zero-order valence-corrected chi connectivity index (χ0v) is 10.8. The molecular weight excluding hydrogens is 230 g/mol. The van der Waals surface area contributed by atoms with Crippen molar-refractivity contribution >= 4 is 11.9 Å². The van der Waals surface area contributed by atoms with Crippen molar-refractivity contribution < 1.29 is 9.90 Å².